The SMILES string of the molecule is N=Cc1c(C#Cc2cnc3cnc(-c4ccc(C(=O)N5CCOCC5)cc4)cn23)ccnc1N. The molecule has 4 heterocycles. The average molecular weight is 451 g/mol. The number of amides is 1. The number of hydrogen-bond donors (Lipinski definition) is 2. The van der Waals surface area contributed by atoms with Crippen LogP contribution in [0, 0.1) is 17.3 Å². The molecule has 9 nitrogen and oxygen atoms in total. The van der Waals surface area contributed by atoms with Gasteiger partial charge in [0.15, 0.2) is 5.65 Å². The molecule has 1 aliphatic heterocycles. The number of nitrogens with zero attached hydrogens (tertiary/aromatic N) is 5. The summed E-state index contributed by atoms with van der Waals surface area (Å²) in [6.45, 7) is 2.36. The first kappa shape index (κ1) is 21.3. The van der Waals surface area contributed by atoms with Gasteiger partial charge in [0.05, 0.1) is 31.3 Å². The first-order chi connectivity index (χ1) is 16.6. The standard InChI is InChI=1S/C25H21N7O2/c26-13-21-17(7-8-28-24(21)27)5-6-20-14-30-23-15-29-22(16-32(20)23)18-1-3-19(4-2-18)25(33)31-9-11-34-12-10-31/h1-4,7-8,13-16,26H,9-12H2,(H2,27,28). The molecule has 34 heavy (non-hydrogen) atoms. The Kier molecular flexibility index (Phi) is 5.72. The second kappa shape index (κ2) is 9.13. The Hall–Kier alpha value is -4.55. The fourth-order valence-electron chi connectivity index (χ4n) is 3.74. The van der Waals surface area contributed by atoms with Crippen molar-refractivity contribution < 1.29 is 9.53 Å². The van der Waals surface area contributed by atoms with Crippen molar-refractivity contribution in [1.82, 2.24) is 24.3 Å². The summed E-state index contributed by atoms with van der Waals surface area (Å²) in [4.78, 5) is 27.4. The molecule has 1 aliphatic rings. The molecule has 0 bridgehead atoms. The van der Waals surface area contributed by atoms with Crippen LogP contribution in [-0.2, 0) is 4.74 Å². The minimum atomic E-state index is 0.00599. The molecule has 168 valence electrons. The van der Waals surface area contributed by atoms with Crippen LogP contribution in [0.3, 0.4) is 0 Å². The van der Waals surface area contributed by atoms with Crippen LogP contribution in [0.5, 0.6) is 0 Å². The van der Waals surface area contributed by atoms with Crippen molar-refractivity contribution in [3.05, 3.63) is 77.5 Å². The number of nitrogens with one attached hydrogen (secondary N) is 1. The van der Waals surface area contributed by atoms with Crippen LogP contribution in [0.25, 0.3) is 16.9 Å². The molecule has 0 radical (unpaired) electrons. The van der Waals surface area contributed by atoms with Gasteiger partial charge in [0, 0.05) is 54.0 Å². The minimum absolute atomic E-state index is 0.00599. The lowest BCUT2D eigenvalue weighted by Crippen LogP contribution is -2.40. The number of carbonyl (C=O) groups is 1. The van der Waals surface area contributed by atoms with Gasteiger partial charge in [-0.3, -0.25) is 14.2 Å². The molecule has 1 aromatic carbocycles. The quantitative estimate of drug-likeness (QED) is 0.364. The Morgan fingerprint density at radius 2 is 1.85 bits per heavy atom. The Balaban J connectivity index is 1.43. The molecule has 5 rings (SSSR count). The van der Waals surface area contributed by atoms with Gasteiger partial charge in [-0.1, -0.05) is 18.1 Å². The van der Waals surface area contributed by atoms with E-state index in [0.29, 0.717) is 54.3 Å². The first-order valence-corrected chi connectivity index (χ1v) is 10.7. The molecule has 0 spiro atoms. The van der Waals surface area contributed by atoms with Crippen LogP contribution in [0.15, 0.2) is 55.1 Å². The number of imidazole rings is 1. The molecular formula is C25H21N7O2. The normalized spacial score (nSPS) is 13.4. The molecule has 1 amide bonds. The van der Waals surface area contributed by atoms with E-state index in [2.05, 4.69) is 26.8 Å². The number of aromatic nitrogens is 4. The van der Waals surface area contributed by atoms with E-state index in [1.54, 1.807) is 29.6 Å². The molecule has 9 heteroatoms. The molecule has 0 aliphatic carbocycles. The predicted molar refractivity (Wildman–Crippen MR) is 128 cm³/mol. The number of pyridine rings is 1. The maximum Gasteiger partial charge on any atom is 0.254 e. The van der Waals surface area contributed by atoms with Gasteiger partial charge in [0.25, 0.3) is 5.91 Å². The highest BCUT2D eigenvalue weighted by atomic mass is 16.5. The van der Waals surface area contributed by atoms with E-state index in [1.165, 1.54) is 0 Å². The molecule has 3 aromatic heterocycles. The summed E-state index contributed by atoms with van der Waals surface area (Å²) >= 11 is 0. The molecule has 0 atom stereocenters. The molecule has 0 saturated carbocycles. The zero-order valence-electron chi connectivity index (χ0n) is 18.2. The third-order valence-electron chi connectivity index (χ3n) is 5.61. The Bertz CT molecular complexity index is 1440. The molecule has 3 N–H and O–H groups in total. The van der Waals surface area contributed by atoms with Crippen LogP contribution in [0.1, 0.15) is 27.2 Å². The number of rotatable bonds is 3. The molecule has 1 fully saturated rings. The largest absolute Gasteiger partial charge is 0.383 e. The number of ether oxygens (including phenoxy) is 1. The van der Waals surface area contributed by atoms with Gasteiger partial charge >= 0.3 is 0 Å². The molecule has 0 unspecified atom stereocenters. The lowest BCUT2D eigenvalue weighted by molar-refractivity contribution is 0.0303. The monoisotopic (exact) mass is 451 g/mol. The molecular weight excluding hydrogens is 430 g/mol. The number of benzene rings is 1. The Labute approximate surface area is 195 Å². The smallest absolute Gasteiger partial charge is 0.254 e. The Morgan fingerprint density at radius 3 is 2.62 bits per heavy atom. The van der Waals surface area contributed by atoms with Crippen LogP contribution in [-0.4, -0.2) is 62.7 Å². The van der Waals surface area contributed by atoms with Crippen molar-refractivity contribution in [3.63, 3.8) is 0 Å². The number of fused-ring (bicyclic) bond motifs is 1. The van der Waals surface area contributed by atoms with Gasteiger partial charge < -0.3 is 20.8 Å². The summed E-state index contributed by atoms with van der Waals surface area (Å²) in [5.41, 5.74) is 10.5. The zero-order valence-corrected chi connectivity index (χ0v) is 18.2. The summed E-state index contributed by atoms with van der Waals surface area (Å²) in [6, 6.07) is 9.14. The van der Waals surface area contributed by atoms with Crippen LogP contribution < -0.4 is 5.73 Å². The summed E-state index contributed by atoms with van der Waals surface area (Å²) in [5.74, 6) is 6.43. The van der Waals surface area contributed by atoms with Gasteiger partial charge in [-0.2, -0.15) is 0 Å². The van der Waals surface area contributed by atoms with Crippen molar-refractivity contribution in [2.24, 2.45) is 0 Å². The maximum absolute atomic E-state index is 12.7. The van der Waals surface area contributed by atoms with Crippen molar-refractivity contribution in [2.75, 3.05) is 32.0 Å². The second-order valence-corrected chi connectivity index (χ2v) is 7.68. The number of anilines is 1. The van der Waals surface area contributed by atoms with E-state index in [1.807, 2.05) is 34.9 Å². The number of nitrogens with two attached hydrogens (primary N) is 1. The second-order valence-electron chi connectivity index (χ2n) is 7.68. The lowest BCUT2D eigenvalue weighted by atomic mass is 10.1. The van der Waals surface area contributed by atoms with Crippen molar-refractivity contribution in [1.29, 1.82) is 5.41 Å². The maximum atomic E-state index is 12.7. The first-order valence-electron chi connectivity index (χ1n) is 10.7. The highest BCUT2D eigenvalue weighted by Gasteiger charge is 2.18. The fourth-order valence-corrected chi connectivity index (χ4v) is 3.74. The van der Waals surface area contributed by atoms with Gasteiger partial charge in [-0.05, 0) is 24.1 Å². The number of morpholine rings is 1. The van der Waals surface area contributed by atoms with Crippen molar-refractivity contribution in [2.45, 2.75) is 0 Å². The highest BCUT2D eigenvalue weighted by Crippen LogP contribution is 2.20. The van der Waals surface area contributed by atoms with E-state index in [9.17, 15) is 4.79 Å². The van der Waals surface area contributed by atoms with Gasteiger partial charge in [0.1, 0.15) is 11.5 Å². The number of hydrogen-bond acceptors (Lipinski definition) is 7. The number of carbonyl (C=O) groups excluding carboxylic acids is 1. The highest BCUT2D eigenvalue weighted by molar-refractivity contribution is 5.94. The van der Waals surface area contributed by atoms with Crippen LogP contribution in [0.4, 0.5) is 5.82 Å². The zero-order chi connectivity index (χ0) is 23.5. The van der Waals surface area contributed by atoms with Gasteiger partial charge in [0.2, 0.25) is 0 Å². The van der Waals surface area contributed by atoms with Crippen LogP contribution >= 0.6 is 0 Å². The van der Waals surface area contributed by atoms with E-state index in [0.717, 1.165) is 17.5 Å². The van der Waals surface area contributed by atoms with E-state index in [4.69, 9.17) is 15.9 Å². The predicted octanol–water partition coefficient (Wildman–Crippen LogP) is 2.24. The summed E-state index contributed by atoms with van der Waals surface area (Å²) in [6.07, 6.45) is 7.93. The third-order valence-corrected chi connectivity index (χ3v) is 5.61. The van der Waals surface area contributed by atoms with E-state index < -0.39 is 0 Å². The summed E-state index contributed by atoms with van der Waals surface area (Å²) in [5, 5.41) is 7.56. The van der Waals surface area contributed by atoms with Gasteiger partial charge in [-0.25, -0.2) is 9.97 Å². The number of nitrogen functional groups attached to an aromatic ring is 1. The van der Waals surface area contributed by atoms with Crippen LogP contribution in [0.2, 0.25) is 0 Å². The summed E-state index contributed by atoms with van der Waals surface area (Å²) < 4.78 is 7.18. The van der Waals surface area contributed by atoms with E-state index >= 15 is 0 Å². The fraction of sp³-hybridized carbons (Fsp3) is 0.160. The minimum Gasteiger partial charge on any atom is -0.383 e. The molecule has 1 saturated heterocycles. The van der Waals surface area contributed by atoms with E-state index in [-0.39, 0.29) is 11.7 Å². The topological polar surface area (TPSA) is 122 Å². The third kappa shape index (κ3) is 4.10. The van der Waals surface area contributed by atoms with Gasteiger partial charge in [-0.15, -0.1) is 0 Å². The molecule has 4 aromatic rings. The van der Waals surface area contributed by atoms with Crippen molar-refractivity contribution in [3.8, 4) is 23.1 Å². The van der Waals surface area contributed by atoms with Crippen molar-refractivity contribution >= 4 is 23.6 Å². The summed E-state index contributed by atoms with van der Waals surface area (Å²) in [7, 11) is 0. The lowest BCUT2D eigenvalue weighted by Gasteiger charge is -2.26. The average Bonchev–Trinajstić information content (AvgIpc) is 3.30. The Morgan fingerprint density at radius 1 is 1.06 bits per heavy atom.